The third-order valence-corrected chi connectivity index (χ3v) is 3.16. The lowest BCUT2D eigenvalue weighted by atomic mass is 9.92. The quantitative estimate of drug-likeness (QED) is 0.695. The maximum absolute atomic E-state index is 5.79. The molecular weight excluding hydrogens is 196 g/mol. The predicted molar refractivity (Wildman–Crippen MR) is 65.6 cm³/mol. The van der Waals surface area contributed by atoms with E-state index >= 15 is 0 Å². The highest BCUT2D eigenvalue weighted by molar-refractivity contribution is 5.78. The number of hydrogen-bond donors (Lipinski definition) is 0. The zero-order chi connectivity index (χ0) is 11.0. The molecule has 0 amide bonds. The largest absolute Gasteiger partial charge is 0.488 e. The van der Waals surface area contributed by atoms with Gasteiger partial charge in [-0.05, 0) is 29.2 Å². The van der Waals surface area contributed by atoms with Crippen molar-refractivity contribution in [3.8, 4) is 16.9 Å². The highest BCUT2D eigenvalue weighted by Crippen LogP contribution is 2.39. The molecule has 80 valence electrons. The van der Waals surface area contributed by atoms with E-state index < -0.39 is 0 Å². The second kappa shape index (κ2) is 3.67. The molecular formula is C15H14O. The van der Waals surface area contributed by atoms with E-state index in [4.69, 9.17) is 4.74 Å². The van der Waals surface area contributed by atoms with Gasteiger partial charge in [0.25, 0.3) is 0 Å². The van der Waals surface area contributed by atoms with Crippen LogP contribution in [0.1, 0.15) is 18.1 Å². The minimum absolute atomic E-state index is 0.691. The van der Waals surface area contributed by atoms with Gasteiger partial charge in [-0.2, -0.15) is 0 Å². The molecule has 2 aromatic rings. The Morgan fingerprint density at radius 1 is 1.06 bits per heavy atom. The maximum atomic E-state index is 5.79. The van der Waals surface area contributed by atoms with Crippen molar-refractivity contribution in [2.24, 2.45) is 0 Å². The highest BCUT2D eigenvalue weighted by atomic mass is 16.5. The van der Waals surface area contributed by atoms with E-state index in [-0.39, 0.29) is 0 Å². The van der Waals surface area contributed by atoms with Crippen LogP contribution >= 0.6 is 0 Å². The molecule has 16 heavy (non-hydrogen) atoms. The molecule has 0 atom stereocenters. The predicted octanol–water partition coefficient (Wildman–Crippen LogP) is 3.81. The number of benzene rings is 2. The third-order valence-electron chi connectivity index (χ3n) is 3.16. The molecule has 0 radical (unpaired) electrons. The summed E-state index contributed by atoms with van der Waals surface area (Å²) in [5.41, 5.74) is 5.27. The molecule has 1 heterocycles. The van der Waals surface area contributed by atoms with Gasteiger partial charge in [-0.25, -0.2) is 0 Å². The van der Waals surface area contributed by atoms with Crippen LogP contribution in [0.4, 0.5) is 0 Å². The van der Waals surface area contributed by atoms with Crippen LogP contribution in [-0.2, 0) is 13.0 Å². The summed E-state index contributed by atoms with van der Waals surface area (Å²) in [6.07, 6.45) is 1.04. The molecule has 0 N–H and O–H groups in total. The lowest BCUT2D eigenvalue weighted by Crippen LogP contribution is -2.06. The molecule has 0 unspecified atom stereocenters. The lowest BCUT2D eigenvalue weighted by molar-refractivity contribution is 0.302. The fourth-order valence-electron chi connectivity index (χ4n) is 2.34. The molecule has 2 aromatic carbocycles. The summed E-state index contributed by atoms with van der Waals surface area (Å²) in [6.45, 7) is 2.88. The van der Waals surface area contributed by atoms with E-state index in [0.29, 0.717) is 6.61 Å². The Morgan fingerprint density at radius 3 is 2.81 bits per heavy atom. The van der Waals surface area contributed by atoms with Crippen LogP contribution in [0.15, 0.2) is 42.5 Å². The van der Waals surface area contributed by atoms with Gasteiger partial charge in [0, 0.05) is 5.56 Å². The normalized spacial score (nSPS) is 12.6. The second-order valence-electron chi connectivity index (χ2n) is 4.09. The lowest BCUT2D eigenvalue weighted by Gasteiger charge is -2.22. The average molecular weight is 210 g/mol. The molecule has 1 heteroatoms. The van der Waals surface area contributed by atoms with Gasteiger partial charge in [0.1, 0.15) is 12.4 Å². The molecule has 3 rings (SSSR count). The topological polar surface area (TPSA) is 9.23 Å². The van der Waals surface area contributed by atoms with E-state index in [1.54, 1.807) is 0 Å². The van der Waals surface area contributed by atoms with Crippen molar-refractivity contribution in [3.05, 3.63) is 53.6 Å². The smallest absolute Gasteiger partial charge is 0.127 e. The summed E-state index contributed by atoms with van der Waals surface area (Å²) in [5, 5.41) is 0. The van der Waals surface area contributed by atoms with Crippen molar-refractivity contribution in [1.29, 1.82) is 0 Å². The molecule has 1 aliphatic heterocycles. The van der Waals surface area contributed by atoms with Crippen LogP contribution in [0.3, 0.4) is 0 Å². The van der Waals surface area contributed by atoms with Crippen LogP contribution in [0, 0.1) is 0 Å². The Kier molecular flexibility index (Phi) is 2.17. The molecule has 0 spiro atoms. The van der Waals surface area contributed by atoms with Gasteiger partial charge >= 0.3 is 0 Å². The molecule has 1 nitrogen and oxygen atoms in total. The summed E-state index contributed by atoms with van der Waals surface area (Å²) in [6, 6.07) is 14.8. The standard InChI is InChI=1S/C15H14O/c1-2-11-7-5-9-14-15(11)13-8-4-3-6-12(13)10-16-14/h3-9H,2,10H2,1H3. The van der Waals surface area contributed by atoms with Crippen molar-refractivity contribution < 1.29 is 4.74 Å². The van der Waals surface area contributed by atoms with Gasteiger partial charge < -0.3 is 4.74 Å². The molecule has 0 fully saturated rings. The van der Waals surface area contributed by atoms with Crippen LogP contribution in [0.5, 0.6) is 5.75 Å². The number of rotatable bonds is 1. The third kappa shape index (κ3) is 1.32. The Bertz CT molecular complexity index is 514. The van der Waals surface area contributed by atoms with Crippen LogP contribution in [0.2, 0.25) is 0 Å². The van der Waals surface area contributed by atoms with Gasteiger partial charge in [0.05, 0.1) is 0 Å². The molecule has 0 saturated heterocycles. The first-order chi connectivity index (χ1) is 7.90. The van der Waals surface area contributed by atoms with E-state index in [2.05, 4.69) is 49.4 Å². The van der Waals surface area contributed by atoms with E-state index in [1.807, 2.05) is 0 Å². The van der Waals surface area contributed by atoms with Crippen LogP contribution < -0.4 is 4.74 Å². The Balaban J connectivity index is 2.30. The van der Waals surface area contributed by atoms with Crippen molar-refractivity contribution >= 4 is 0 Å². The number of aryl methyl sites for hydroxylation is 1. The van der Waals surface area contributed by atoms with Gasteiger partial charge in [-0.15, -0.1) is 0 Å². The van der Waals surface area contributed by atoms with E-state index in [1.165, 1.54) is 22.3 Å². The minimum Gasteiger partial charge on any atom is -0.488 e. The van der Waals surface area contributed by atoms with Crippen molar-refractivity contribution in [3.63, 3.8) is 0 Å². The number of hydrogen-bond acceptors (Lipinski definition) is 1. The SMILES string of the molecule is CCc1cccc2c1-c1ccccc1CO2. The zero-order valence-corrected chi connectivity index (χ0v) is 9.36. The van der Waals surface area contributed by atoms with Gasteiger partial charge in [-0.1, -0.05) is 43.3 Å². The summed E-state index contributed by atoms with van der Waals surface area (Å²) in [7, 11) is 0. The number of ether oxygens (including phenoxy) is 1. The number of fused-ring (bicyclic) bond motifs is 3. The Hall–Kier alpha value is -1.76. The average Bonchev–Trinajstić information content (AvgIpc) is 2.37. The fraction of sp³-hybridized carbons (Fsp3) is 0.200. The Labute approximate surface area is 95.7 Å². The first kappa shape index (κ1) is 9.46. The van der Waals surface area contributed by atoms with Crippen molar-refractivity contribution in [1.82, 2.24) is 0 Å². The monoisotopic (exact) mass is 210 g/mol. The van der Waals surface area contributed by atoms with Crippen molar-refractivity contribution in [2.75, 3.05) is 0 Å². The highest BCUT2D eigenvalue weighted by Gasteiger charge is 2.18. The van der Waals surface area contributed by atoms with Gasteiger partial charge in [0.2, 0.25) is 0 Å². The summed E-state index contributed by atoms with van der Waals surface area (Å²) in [5.74, 6) is 1.03. The molecule has 0 bridgehead atoms. The fourth-order valence-corrected chi connectivity index (χ4v) is 2.34. The summed E-state index contributed by atoms with van der Waals surface area (Å²) in [4.78, 5) is 0. The second-order valence-corrected chi connectivity index (χ2v) is 4.09. The van der Waals surface area contributed by atoms with Gasteiger partial charge in [-0.3, -0.25) is 0 Å². The van der Waals surface area contributed by atoms with E-state index in [0.717, 1.165) is 12.2 Å². The molecule has 0 aliphatic carbocycles. The maximum Gasteiger partial charge on any atom is 0.127 e. The first-order valence-corrected chi connectivity index (χ1v) is 5.73. The first-order valence-electron chi connectivity index (χ1n) is 5.73. The molecule has 0 aromatic heterocycles. The molecule has 0 saturated carbocycles. The van der Waals surface area contributed by atoms with Crippen LogP contribution in [0.25, 0.3) is 11.1 Å². The molecule has 1 aliphatic rings. The summed E-state index contributed by atoms with van der Waals surface area (Å²) >= 11 is 0. The van der Waals surface area contributed by atoms with Gasteiger partial charge in [0.15, 0.2) is 0 Å². The Morgan fingerprint density at radius 2 is 1.94 bits per heavy atom. The zero-order valence-electron chi connectivity index (χ0n) is 9.36. The summed E-state index contributed by atoms with van der Waals surface area (Å²) < 4.78 is 5.79. The van der Waals surface area contributed by atoms with Crippen LogP contribution in [-0.4, -0.2) is 0 Å². The van der Waals surface area contributed by atoms with E-state index in [9.17, 15) is 0 Å². The minimum atomic E-state index is 0.691. The van der Waals surface area contributed by atoms with Crippen molar-refractivity contribution in [2.45, 2.75) is 20.0 Å².